The van der Waals surface area contributed by atoms with Crippen LogP contribution in [0.25, 0.3) is 10.2 Å². The lowest BCUT2D eigenvalue weighted by Gasteiger charge is -2.21. The Hall–Kier alpha value is -0.970. The van der Waals surface area contributed by atoms with Crippen molar-refractivity contribution in [2.24, 2.45) is 0 Å². The Labute approximate surface area is 125 Å². The van der Waals surface area contributed by atoms with E-state index >= 15 is 0 Å². The van der Waals surface area contributed by atoms with Crippen molar-refractivity contribution in [1.82, 2.24) is 15.2 Å². The second kappa shape index (κ2) is 6.20. The number of aromatic nitrogens is 1. The van der Waals surface area contributed by atoms with Gasteiger partial charge in [0.05, 0.1) is 16.3 Å². The van der Waals surface area contributed by atoms with E-state index in [1.54, 1.807) is 11.3 Å². The van der Waals surface area contributed by atoms with Crippen molar-refractivity contribution >= 4 is 21.6 Å². The van der Waals surface area contributed by atoms with Gasteiger partial charge in [-0.1, -0.05) is 19.1 Å². The minimum atomic E-state index is 0.338. The van der Waals surface area contributed by atoms with Crippen molar-refractivity contribution in [3.8, 4) is 0 Å². The van der Waals surface area contributed by atoms with Crippen LogP contribution in [0.4, 0.5) is 0 Å². The molecule has 1 heterocycles. The molecule has 1 atom stereocenters. The van der Waals surface area contributed by atoms with E-state index in [9.17, 15) is 0 Å². The summed E-state index contributed by atoms with van der Waals surface area (Å²) in [7, 11) is 0. The lowest BCUT2D eigenvalue weighted by Crippen LogP contribution is -2.34. The van der Waals surface area contributed by atoms with Gasteiger partial charge in [-0.15, -0.1) is 11.3 Å². The molecular formula is C16H23N3S. The topological polar surface area (TPSA) is 28.2 Å². The summed E-state index contributed by atoms with van der Waals surface area (Å²) in [4.78, 5) is 7.30. The van der Waals surface area contributed by atoms with Crippen LogP contribution in [0.3, 0.4) is 0 Å². The molecule has 1 fully saturated rings. The van der Waals surface area contributed by atoms with E-state index in [1.165, 1.54) is 29.1 Å². The molecule has 1 aromatic carbocycles. The number of likely N-dealkylation sites (N-methyl/N-ethyl adjacent to an activating group) is 1. The Morgan fingerprint density at radius 2 is 2.20 bits per heavy atom. The Morgan fingerprint density at radius 3 is 2.90 bits per heavy atom. The van der Waals surface area contributed by atoms with Crippen molar-refractivity contribution in [2.45, 2.75) is 38.8 Å². The maximum absolute atomic E-state index is 4.72. The molecule has 1 aliphatic carbocycles. The molecule has 1 saturated carbocycles. The molecule has 1 unspecified atom stereocenters. The van der Waals surface area contributed by atoms with Crippen LogP contribution in [0.15, 0.2) is 24.3 Å². The van der Waals surface area contributed by atoms with Crippen molar-refractivity contribution in [2.75, 3.05) is 19.6 Å². The van der Waals surface area contributed by atoms with Gasteiger partial charge in [-0.25, -0.2) is 4.98 Å². The van der Waals surface area contributed by atoms with E-state index in [0.29, 0.717) is 6.04 Å². The molecule has 0 radical (unpaired) electrons. The largest absolute Gasteiger partial charge is 0.307 e. The molecule has 0 saturated heterocycles. The van der Waals surface area contributed by atoms with Gasteiger partial charge >= 0.3 is 0 Å². The minimum Gasteiger partial charge on any atom is -0.307 e. The third-order valence-corrected chi connectivity index (χ3v) is 5.22. The summed E-state index contributed by atoms with van der Waals surface area (Å²) >= 11 is 1.80. The highest BCUT2D eigenvalue weighted by Gasteiger charge is 2.27. The zero-order valence-electron chi connectivity index (χ0n) is 12.3. The highest BCUT2D eigenvalue weighted by atomic mass is 32.1. The standard InChI is InChI=1S/C16H23N3S/c1-3-19(13-8-9-13)11-10-17-12(2)16-18-14-6-4-5-7-15(14)20-16/h4-7,12-13,17H,3,8-11H2,1-2H3. The number of para-hydroxylation sites is 1. The number of nitrogens with zero attached hydrogens (tertiary/aromatic N) is 2. The number of rotatable bonds is 7. The second-order valence-corrected chi connectivity index (χ2v) is 6.62. The average molecular weight is 289 g/mol. The summed E-state index contributed by atoms with van der Waals surface area (Å²) in [5.41, 5.74) is 1.12. The summed E-state index contributed by atoms with van der Waals surface area (Å²) < 4.78 is 1.28. The first kappa shape index (κ1) is 14.0. The van der Waals surface area contributed by atoms with Gasteiger partial charge in [-0.05, 0) is 38.4 Å². The van der Waals surface area contributed by atoms with Gasteiger partial charge in [-0.3, -0.25) is 4.90 Å². The fraction of sp³-hybridized carbons (Fsp3) is 0.562. The number of nitrogens with one attached hydrogen (secondary N) is 1. The van der Waals surface area contributed by atoms with Crippen LogP contribution in [-0.2, 0) is 0 Å². The van der Waals surface area contributed by atoms with E-state index in [2.05, 4.69) is 48.3 Å². The third kappa shape index (κ3) is 3.19. The number of hydrogen-bond donors (Lipinski definition) is 1. The predicted molar refractivity (Wildman–Crippen MR) is 86.3 cm³/mol. The molecule has 1 aliphatic rings. The Balaban J connectivity index is 1.54. The van der Waals surface area contributed by atoms with Gasteiger partial charge in [0, 0.05) is 19.1 Å². The minimum absolute atomic E-state index is 0.338. The van der Waals surface area contributed by atoms with E-state index in [-0.39, 0.29) is 0 Å². The van der Waals surface area contributed by atoms with E-state index in [0.717, 1.165) is 24.6 Å². The first-order valence-electron chi connectivity index (χ1n) is 7.61. The lowest BCUT2D eigenvalue weighted by molar-refractivity contribution is 0.273. The monoisotopic (exact) mass is 289 g/mol. The number of hydrogen-bond acceptors (Lipinski definition) is 4. The first-order chi connectivity index (χ1) is 9.78. The summed E-state index contributed by atoms with van der Waals surface area (Å²) in [5.74, 6) is 0. The second-order valence-electron chi connectivity index (χ2n) is 5.56. The molecule has 3 nitrogen and oxygen atoms in total. The molecule has 0 aliphatic heterocycles. The van der Waals surface area contributed by atoms with Gasteiger partial charge < -0.3 is 5.32 Å². The average Bonchev–Trinajstić information content (AvgIpc) is 3.21. The Kier molecular flexibility index (Phi) is 4.34. The summed E-state index contributed by atoms with van der Waals surface area (Å²) in [6, 6.07) is 9.57. The van der Waals surface area contributed by atoms with Gasteiger partial charge in [0.15, 0.2) is 0 Å². The van der Waals surface area contributed by atoms with Gasteiger partial charge in [0.2, 0.25) is 0 Å². The van der Waals surface area contributed by atoms with Crippen molar-refractivity contribution in [3.63, 3.8) is 0 Å². The van der Waals surface area contributed by atoms with E-state index < -0.39 is 0 Å². The molecule has 0 spiro atoms. The van der Waals surface area contributed by atoms with Crippen molar-refractivity contribution in [3.05, 3.63) is 29.3 Å². The van der Waals surface area contributed by atoms with Crippen molar-refractivity contribution < 1.29 is 0 Å². The van der Waals surface area contributed by atoms with Crippen LogP contribution in [-0.4, -0.2) is 35.6 Å². The third-order valence-electron chi connectivity index (χ3n) is 4.00. The molecule has 1 aromatic heterocycles. The van der Waals surface area contributed by atoms with Crippen molar-refractivity contribution in [1.29, 1.82) is 0 Å². The smallest absolute Gasteiger partial charge is 0.111 e. The fourth-order valence-corrected chi connectivity index (χ4v) is 3.62. The molecule has 3 rings (SSSR count). The zero-order chi connectivity index (χ0) is 13.9. The van der Waals surface area contributed by atoms with Gasteiger partial charge in [0.1, 0.15) is 5.01 Å². The maximum Gasteiger partial charge on any atom is 0.111 e. The van der Waals surface area contributed by atoms with Crippen LogP contribution in [0.2, 0.25) is 0 Å². The molecule has 4 heteroatoms. The highest BCUT2D eigenvalue weighted by Crippen LogP contribution is 2.27. The summed E-state index contributed by atoms with van der Waals surface area (Å²) in [6.45, 7) is 7.83. The Bertz CT molecular complexity index is 529. The molecule has 0 bridgehead atoms. The quantitative estimate of drug-likeness (QED) is 0.846. The van der Waals surface area contributed by atoms with E-state index in [4.69, 9.17) is 4.98 Å². The summed E-state index contributed by atoms with van der Waals surface area (Å²) in [6.07, 6.45) is 2.78. The number of benzene rings is 1. The molecule has 108 valence electrons. The Morgan fingerprint density at radius 1 is 1.40 bits per heavy atom. The zero-order valence-corrected chi connectivity index (χ0v) is 13.1. The molecule has 1 N–H and O–H groups in total. The van der Waals surface area contributed by atoms with Gasteiger partial charge in [0.25, 0.3) is 0 Å². The lowest BCUT2D eigenvalue weighted by atomic mass is 10.3. The SMILES string of the molecule is CCN(CCNC(C)c1nc2ccccc2s1)C1CC1. The molecule has 20 heavy (non-hydrogen) atoms. The molecule has 0 amide bonds. The normalized spacial score (nSPS) is 16.9. The summed E-state index contributed by atoms with van der Waals surface area (Å²) in [5, 5.41) is 4.81. The number of fused-ring (bicyclic) bond motifs is 1. The van der Waals surface area contributed by atoms with E-state index in [1.807, 2.05) is 0 Å². The fourth-order valence-electron chi connectivity index (χ4n) is 2.63. The van der Waals surface area contributed by atoms with Crippen LogP contribution in [0.1, 0.15) is 37.7 Å². The van der Waals surface area contributed by atoms with Crippen LogP contribution in [0, 0.1) is 0 Å². The van der Waals surface area contributed by atoms with Crippen LogP contribution < -0.4 is 5.32 Å². The maximum atomic E-state index is 4.72. The first-order valence-corrected chi connectivity index (χ1v) is 8.42. The predicted octanol–water partition coefficient (Wildman–Crippen LogP) is 3.43. The van der Waals surface area contributed by atoms with Gasteiger partial charge in [-0.2, -0.15) is 0 Å². The molecule has 2 aromatic rings. The van der Waals surface area contributed by atoms with Crippen LogP contribution >= 0.6 is 11.3 Å². The number of thiazole rings is 1. The molecular weight excluding hydrogens is 266 g/mol. The van der Waals surface area contributed by atoms with Crippen LogP contribution in [0.5, 0.6) is 0 Å². The highest BCUT2D eigenvalue weighted by molar-refractivity contribution is 7.18.